The number of carbonyl (C=O) groups is 2. The molecule has 9 heteroatoms. The second-order valence-corrected chi connectivity index (χ2v) is 9.08. The van der Waals surface area contributed by atoms with Gasteiger partial charge in [0.2, 0.25) is 11.8 Å². The Hall–Kier alpha value is -2.64. The number of para-hydroxylation sites is 1. The molecule has 0 heterocycles. The van der Waals surface area contributed by atoms with Gasteiger partial charge in [-0.1, -0.05) is 47.5 Å². The minimum atomic E-state index is -0.832. The number of hydrogen-bond acceptors (Lipinski definition) is 4. The highest BCUT2D eigenvalue weighted by molar-refractivity contribution is 6.35. The van der Waals surface area contributed by atoms with Crippen LogP contribution >= 0.6 is 23.2 Å². The minimum absolute atomic E-state index is 0.0498. The fourth-order valence-corrected chi connectivity index (χ4v) is 3.46. The molecule has 2 amide bonds. The van der Waals surface area contributed by atoms with Gasteiger partial charge in [-0.15, -0.1) is 0 Å². The number of carbonyl (C=O) groups excluding carboxylic acids is 2. The molecular formula is C22H25Cl2N3O4. The Balaban J connectivity index is 2.37. The van der Waals surface area contributed by atoms with E-state index in [-0.39, 0.29) is 30.1 Å². The first-order valence-corrected chi connectivity index (χ1v) is 10.4. The van der Waals surface area contributed by atoms with Crippen molar-refractivity contribution in [1.29, 1.82) is 0 Å². The van der Waals surface area contributed by atoms with Crippen LogP contribution in [0.3, 0.4) is 0 Å². The molecule has 0 fully saturated rings. The van der Waals surface area contributed by atoms with Gasteiger partial charge in [0, 0.05) is 33.8 Å². The van der Waals surface area contributed by atoms with Crippen molar-refractivity contribution in [2.75, 3.05) is 0 Å². The number of hydrogen-bond donors (Lipinski definition) is 1. The third kappa shape index (κ3) is 6.94. The number of nitrogens with zero attached hydrogens (tertiary/aromatic N) is 2. The third-order valence-electron chi connectivity index (χ3n) is 4.55. The van der Waals surface area contributed by atoms with Gasteiger partial charge in [0.05, 0.1) is 11.3 Å². The molecule has 0 aliphatic heterocycles. The van der Waals surface area contributed by atoms with E-state index in [1.807, 2.05) is 20.8 Å². The summed E-state index contributed by atoms with van der Waals surface area (Å²) in [5, 5.41) is 15.0. The maximum atomic E-state index is 13.2. The zero-order valence-electron chi connectivity index (χ0n) is 17.8. The average Bonchev–Trinajstić information content (AvgIpc) is 2.65. The molecule has 1 N–H and O–H groups in total. The van der Waals surface area contributed by atoms with E-state index < -0.39 is 22.4 Å². The fraction of sp³-hybridized carbons (Fsp3) is 0.364. The van der Waals surface area contributed by atoms with Crippen molar-refractivity contribution < 1.29 is 14.5 Å². The predicted molar refractivity (Wildman–Crippen MR) is 121 cm³/mol. The van der Waals surface area contributed by atoms with Crippen LogP contribution in [0.2, 0.25) is 10.0 Å². The lowest BCUT2D eigenvalue weighted by Crippen LogP contribution is -2.52. The third-order valence-corrected chi connectivity index (χ3v) is 5.14. The van der Waals surface area contributed by atoms with Gasteiger partial charge in [0.1, 0.15) is 6.04 Å². The Morgan fingerprint density at radius 1 is 1.13 bits per heavy atom. The summed E-state index contributed by atoms with van der Waals surface area (Å²) in [7, 11) is 0. The standard InChI is InChI=1S/C22H25Cl2N3O4/c1-14(21(29)25-22(2,3)4)26(13-16-9-10-17(23)12-18(16)24)20(28)11-15-7-5-6-8-19(15)27(30)31/h5-10,12,14H,11,13H2,1-4H3,(H,25,29)/t14-/m1/s1. The van der Waals surface area contributed by atoms with Gasteiger partial charge < -0.3 is 10.2 Å². The number of rotatable bonds is 7. The molecule has 0 saturated heterocycles. The molecule has 0 radical (unpaired) electrons. The molecule has 166 valence electrons. The summed E-state index contributed by atoms with van der Waals surface area (Å²) in [6, 6.07) is 10.1. The van der Waals surface area contributed by atoms with Crippen LogP contribution in [0.25, 0.3) is 0 Å². The minimum Gasteiger partial charge on any atom is -0.350 e. The number of benzene rings is 2. The summed E-state index contributed by atoms with van der Waals surface area (Å²) in [5.74, 6) is -0.773. The zero-order chi connectivity index (χ0) is 23.3. The van der Waals surface area contributed by atoms with E-state index >= 15 is 0 Å². The van der Waals surface area contributed by atoms with Gasteiger partial charge >= 0.3 is 0 Å². The van der Waals surface area contributed by atoms with Gasteiger partial charge in [0.15, 0.2) is 0 Å². The van der Waals surface area contributed by atoms with Crippen LogP contribution in [0.15, 0.2) is 42.5 Å². The van der Waals surface area contributed by atoms with Crippen molar-refractivity contribution in [1.82, 2.24) is 10.2 Å². The number of nitro benzene ring substituents is 1. The van der Waals surface area contributed by atoms with Crippen LogP contribution in [0.1, 0.15) is 38.8 Å². The molecule has 0 spiro atoms. The van der Waals surface area contributed by atoms with Gasteiger partial charge in [-0.25, -0.2) is 0 Å². The number of amides is 2. The molecule has 1 atom stereocenters. The summed E-state index contributed by atoms with van der Waals surface area (Å²) in [4.78, 5) is 38.2. The van der Waals surface area contributed by atoms with Crippen molar-refractivity contribution in [3.63, 3.8) is 0 Å². The topological polar surface area (TPSA) is 92.6 Å². The van der Waals surface area contributed by atoms with E-state index in [9.17, 15) is 19.7 Å². The van der Waals surface area contributed by atoms with Gasteiger partial charge in [-0.05, 0) is 45.4 Å². The van der Waals surface area contributed by atoms with Crippen LogP contribution in [0.4, 0.5) is 5.69 Å². The molecular weight excluding hydrogens is 441 g/mol. The van der Waals surface area contributed by atoms with Crippen molar-refractivity contribution >= 4 is 40.7 Å². The highest BCUT2D eigenvalue weighted by atomic mass is 35.5. The quantitative estimate of drug-likeness (QED) is 0.470. The summed E-state index contributed by atoms with van der Waals surface area (Å²) in [5.41, 5.74) is 0.244. The predicted octanol–water partition coefficient (Wildman–Crippen LogP) is 4.78. The summed E-state index contributed by atoms with van der Waals surface area (Å²) < 4.78 is 0. The number of halogens is 2. The van der Waals surface area contributed by atoms with Crippen molar-refractivity contribution in [3.8, 4) is 0 Å². The Morgan fingerprint density at radius 2 is 1.77 bits per heavy atom. The largest absolute Gasteiger partial charge is 0.350 e. The lowest BCUT2D eigenvalue weighted by molar-refractivity contribution is -0.385. The molecule has 2 aromatic carbocycles. The molecule has 2 aromatic rings. The van der Waals surface area contributed by atoms with Crippen molar-refractivity contribution in [3.05, 3.63) is 73.8 Å². The first kappa shape index (κ1) is 24.6. The number of nitrogens with one attached hydrogen (secondary N) is 1. The molecule has 2 rings (SSSR count). The maximum Gasteiger partial charge on any atom is 0.273 e. The molecule has 0 saturated carbocycles. The molecule has 31 heavy (non-hydrogen) atoms. The highest BCUT2D eigenvalue weighted by Gasteiger charge is 2.30. The normalized spacial score (nSPS) is 12.2. The Labute approximate surface area is 191 Å². The summed E-state index contributed by atoms with van der Waals surface area (Å²) in [6.07, 6.45) is -0.227. The van der Waals surface area contributed by atoms with Gasteiger partial charge in [0.25, 0.3) is 5.69 Å². The second-order valence-electron chi connectivity index (χ2n) is 8.24. The molecule has 0 unspecified atom stereocenters. The van der Waals surface area contributed by atoms with Crippen LogP contribution in [-0.4, -0.2) is 33.2 Å². The van der Waals surface area contributed by atoms with E-state index in [1.165, 1.54) is 23.1 Å². The van der Waals surface area contributed by atoms with E-state index in [0.717, 1.165) is 0 Å². The van der Waals surface area contributed by atoms with E-state index in [4.69, 9.17) is 23.2 Å². The van der Waals surface area contributed by atoms with Gasteiger partial charge in [-0.2, -0.15) is 0 Å². The van der Waals surface area contributed by atoms with E-state index in [2.05, 4.69) is 5.32 Å². The molecule has 0 aliphatic rings. The first-order valence-electron chi connectivity index (χ1n) is 9.67. The Morgan fingerprint density at radius 3 is 2.35 bits per heavy atom. The Kier molecular flexibility index (Phi) is 8.03. The molecule has 0 aliphatic carbocycles. The van der Waals surface area contributed by atoms with Crippen LogP contribution in [0.5, 0.6) is 0 Å². The molecule has 7 nitrogen and oxygen atoms in total. The summed E-state index contributed by atoms with van der Waals surface area (Å²) >= 11 is 12.2. The SMILES string of the molecule is C[C@H](C(=O)NC(C)(C)C)N(Cc1ccc(Cl)cc1Cl)C(=O)Cc1ccccc1[N+](=O)[O-]. The van der Waals surface area contributed by atoms with Crippen LogP contribution in [-0.2, 0) is 22.6 Å². The lowest BCUT2D eigenvalue weighted by atomic mass is 10.1. The van der Waals surface area contributed by atoms with Crippen LogP contribution in [0, 0.1) is 10.1 Å². The average molecular weight is 466 g/mol. The van der Waals surface area contributed by atoms with Crippen molar-refractivity contribution in [2.45, 2.75) is 52.2 Å². The van der Waals surface area contributed by atoms with Crippen molar-refractivity contribution in [2.24, 2.45) is 0 Å². The lowest BCUT2D eigenvalue weighted by Gasteiger charge is -2.31. The molecule has 0 aromatic heterocycles. The smallest absolute Gasteiger partial charge is 0.273 e. The summed E-state index contributed by atoms with van der Waals surface area (Å²) in [6.45, 7) is 7.18. The highest BCUT2D eigenvalue weighted by Crippen LogP contribution is 2.25. The van der Waals surface area contributed by atoms with E-state index in [0.29, 0.717) is 15.6 Å². The van der Waals surface area contributed by atoms with Gasteiger partial charge in [-0.3, -0.25) is 19.7 Å². The van der Waals surface area contributed by atoms with E-state index in [1.54, 1.807) is 31.2 Å². The monoisotopic (exact) mass is 465 g/mol. The Bertz CT molecular complexity index is 989. The second kappa shape index (κ2) is 10.1. The first-order chi connectivity index (χ1) is 14.4. The molecule has 0 bridgehead atoms. The maximum absolute atomic E-state index is 13.2. The van der Waals surface area contributed by atoms with Crippen LogP contribution < -0.4 is 5.32 Å². The zero-order valence-corrected chi connectivity index (χ0v) is 19.3. The fourth-order valence-electron chi connectivity index (χ4n) is 2.99. The number of nitro groups is 1.